The maximum Gasteiger partial charge on any atom is 0.407 e. The molecule has 3 aromatic rings. The molecule has 0 bridgehead atoms. The molecule has 25 heavy (non-hydrogen) atoms. The maximum absolute atomic E-state index is 6.94. The van der Waals surface area contributed by atoms with E-state index in [-0.39, 0.29) is 5.60 Å². The fourth-order valence-corrected chi connectivity index (χ4v) is 7.02. The van der Waals surface area contributed by atoms with Crippen molar-refractivity contribution >= 4 is 18.9 Å². The topological polar surface area (TPSA) is 18.5 Å². The Morgan fingerprint density at radius 2 is 1.20 bits per heavy atom. The Labute approximate surface area is 150 Å². The van der Waals surface area contributed by atoms with Crippen LogP contribution in [-0.2, 0) is 14.5 Å². The number of hydrogen-bond donors (Lipinski definition) is 0. The molecule has 2 nitrogen and oxygen atoms in total. The standard InChI is InChI=1S/C22H22O2Si/c1-22(19-11-5-2-6-12-19)17-18-23-25(24-22,20-13-7-3-8-14-20)21-15-9-4-10-16-21/h2-16H,17-18H2,1H3. The Hall–Kier alpha value is -2.20. The van der Waals surface area contributed by atoms with E-state index < -0.39 is 8.56 Å². The van der Waals surface area contributed by atoms with E-state index in [1.54, 1.807) is 0 Å². The van der Waals surface area contributed by atoms with E-state index >= 15 is 0 Å². The third-order valence-electron chi connectivity index (χ3n) is 4.95. The first-order valence-corrected chi connectivity index (χ1v) is 10.6. The van der Waals surface area contributed by atoms with Crippen molar-refractivity contribution in [3.05, 3.63) is 96.6 Å². The first kappa shape index (κ1) is 16.3. The van der Waals surface area contributed by atoms with Gasteiger partial charge in [-0.3, -0.25) is 0 Å². The fraction of sp³-hybridized carbons (Fsp3) is 0.182. The molecule has 1 aliphatic rings. The molecule has 1 aliphatic heterocycles. The smallest absolute Gasteiger partial charge is 0.388 e. The first-order chi connectivity index (χ1) is 12.2. The third kappa shape index (κ3) is 2.95. The number of benzene rings is 3. The van der Waals surface area contributed by atoms with Crippen LogP contribution in [0.2, 0.25) is 0 Å². The van der Waals surface area contributed by atoms with Crippen molar-refractivity contribution in [3.8, 4) is 0 Å². The quantitative estimate of drug-likeness (QED) is 0.675. The van der Waals surface area contributed by atoms with Crippen LogP contribution in [0, 0.1) is 0 Å². The summed E-state index contributed by atoms with van der Waals surface area (Å²) in [4.78, 5) is 0. The number of rotatable bonds is 3. The Bertz CT molecular complexity index is 781. The molecule has 0 aromatic heterocycles. The number of hydrogen-bond acceptors (Lipinski definition) is 2. The highest BCUT2D eigenvalue weighted by molar-refractivity contribution is 6.92. The summed E-state index contributed by atoms with van der Waals surface area (Å²) < 4.78 is 13.4. The van der Waals surface area contributed by atoms with Gasteiger partial charge in [0.1, 0.15) is 0 Å². The van der Waals surface area contributed by atoms with Gasteiger partial charge in [0.25, 0.3) is 0 Å². The summed E-state index contributed by atoms with van der Waals surface area (Å²) >= 11 is 0. The van der Waals surface area contributed by atoms with Gasteiger partial charge in [-0.1, -0.05) is 91.0 Å². The van der Waals surface area contributed by atoms with Crippen molar-refractivity contribution in [1.82, 2.24) is 0 Å². The van der Waals surface area contributed by atoms with E-state index in [9.17, 15) is 0 Å². The molecule has 1 fully saturated rings. The van der Waals surface area contributed by atoms with E-state index in [1.165, 1.54) is 5.56 Å². The van der Waals surface area contributed by atoms with E-state index in [4.69, 9.17) is 8.85 Å². The van der Waals surface area contributed by atoms with Crippen molar-refractivity contribution in [2.75, 3.05) is 6.61 Å². The predicted molar refractivity (Wildman–Crippen MR) is 103 cm³/mol. The summed E-state index contributed by atoms with van der Waals surface area (Å²) in [6.07, 6.45) is 0.853. The SMILES string of the molecule is CC1(c2ccccc2)CCO[Si](c2ccccc2)(c2ccccc2)O1. The van der Waals surface area contributed by atoms with Gasteiger partial charge in [0.15, 0.2) is 0 Å². The van der Waals surface area contributed by atoms with Crippen LogP contribution in [0.3, 0.4) is 0 Å². The van der Waals surface area contributed by atoms with Crippen molar-refractivity contribution in [2.24, 2.45) is 0 Å². The Balaban J connectivity index is 1.85. The average molecular weight is 347 g/mol. The minimum absolute atomic E-state index is 0.350. The second kappa shape index (κ2) is 6.60. The summed E-state index contributed by atoms with van der Waals surface area (Å²) in [5, 5.41) is 2.31. The van der Waals surface area contributed by atoms with E-state index in [1.807, 2.05) is 18.2 Å². The molecule has 0 spiro atoms. The minimum Gasteiger partial charge on any atom is -0.388 e. The molecule has 1 atom stereocenters. The van der Waals surface area contributed by atoms with Crippen LogP contribution in [0.25, 0.3) is 0 Å². The lowest BCUT2D eigenvalue weighted by molar-refractivity contribution is -0.0168. The second-order valence-corrected chi connectivity index (χ2v) is 9.53. The van der Waals surface area contributed by atoms with Gasteiger partial charge in [-0.15, -0.1) is 0 Å². The molecule has 3 aromatic carbocycles. The zero-order chi connectivity index (χ0) is 17.2. The van der Waals surface area contributed by atoms with Crippen LogP contribution in [0.4, 0.5) is 0 Å². The summed E-state index contributed by atoms with van der Waals surface area (Å²) in [5.74, 6) is 0. The highest BCUT2D eigenvalue weighted by Crippen LogP contribution is 2.36. The van der Waals surface area contributed by atoms with Gasteiger partial charge in [0.2, 0.25) is 0 Å². The molecule has 4 rings (SSSR count). The monoisotopic (exact) mass is 346 g/mol. The lowest BCUT2D eigenvalue weighted by Crippen LogP contribution is -2.68. The van der Waals surface area contributed by atoms with Gasteiger partial charge in [0, 0.05) is 13.0 Å². The molecule has 0 N–H and O–H groups in total. The molecule has 0 radical (unpaired) electrons. The van der Waals surface area contributed by atoms with E-state index in [0.717, 1.165) is 16.8 Å². The van der Waals surface area contributed by atoms with Gasteiger partial charge in [-0.25, -0.2) is 0 Å². The predicted octanol–water partition coefficient (Wildman–Crippen LogP) is 3.60. The molecular weight excluding hydrogens is 324 g/mol. The molecule has 0 saturated carbocycles. The molecule has 1 saturated heterocycles. The van der Waals surface area contributed by atoms with E-state index in [0.29, 0.717) is 6.61 Å². The van der Waals surface area contributed by atoms with E-state index in [2.05, 4.69) is 79.7 Å². The van der Waals surface area contributed by atoms with Crippen LogP contribution in [0.15, 0.2) is 91.0 Å². The molecule has 1 unspecified atom stereocenters. The van der Waals surface area contributed by atoms with Gasteiger partial charge >= 0.3 is 8.56 Å². The lowest BCUT2D eigenvalue weighted by atomic mass is 9.93. The summed E-state index contributed by atoms with van der Waals surface area (Å²) in [7, 11) is -2.75. The summed E-state index contributed by atoms with van der Waals surface area (Å²) in [6.45, 7) is 2.89. The molecule has 1 heterocycles. The van der Waals surface area contributed by atoms with Crippen LogP contribution in [-0.4, -0.2) is 15.2 Å². The molecule has 0 amide bonds. The van der Waals surface area contributed by atoms with Crippen molar-refractivity contribution in [2.45, 2.75) is 18.9 Å². The summed E-state index contributed by atoms with van der Waals surface area (Å²) in [6, 6.07) is 31.4. The Morgan fingerprint density at radius 3 is 1.72 bits per heavy atom. The first-order valence-electron chi connectivity index (χ1n) is 8.74. The lowest BCUT2D eigenvalue weighted by Gasteiger charge is -2.45. The largest absolute Gasteiger partial charge is 0.407 e. The maximum atomic E-state index is 6.94. The average Bonchev–Trinajstić information content (AvgIpc) is 2.70. The zero-order valence-electron chi connectivity index (χ0n) is 14.4. The second-order valence-electron chi connectivity index (χ2n) is 6.65. The fourth-order valence-electron chi connectivity index (χ4n) is 3.55. The third-order valence-corrected chi connectivity index (χ3v) is 8.48. The van der Waals surface area contributed by atoms with Crippen molar-refractivity contribution in [3.63, 3.8) is 0 Å². The highest BCUT2D eigenvalue weighted by Gasteiger charge is 2.51. The van der Waals surface area contributed by atoms with Crippen LogP contribution in [0.5, 0.6) is 0 Å². The van der Waals surface area contributed by atoms with Crippen molar-refractivity contribution in [1.29, 1.82) is 0 Å². The Morgan fingerprint density at radius 1 is 0.720 bits per heavy atom. The molecule has 126 valence electrons. The Kier molecular flexibility index (Phi) is 4.30. The summed E-state index contributed by atoms with van der Waals surface area (Å²) in [5.41, 5.74) is 0.860. The van der Waals surface area contributed by atoms with Gasteiger partial charge < -0.3 is 8.85 Å². The molecule has 3 heteroatoms. The van der Waals surface area contributed by atoms with Gasteiger partial charge in [-0.05, 0) is 22.9 Å². The zero-order valence-corrected chi connectivity index (χ0v) is 15.4. The minimum atomic E-state index is -2.75. The molecule has 0 aliphatic carbocycles. The van der Waals surface area contributed by atoms with Gasteiger partial charge in [0.05, 0.1) is 5.60 Å². The van der Waals surface area contributed by atoms with Gasteiger partial charge in [-0.2, -0.15) is 0 Å². The highest BCUT2D eigenvalue weighted by atomic mass is 28.4. The molecular formula is C22H22O2Si. The van der Waals surface area contributed by atoms with Crippen LogP contribution in [0.1, 0.15) is 18.9 Å². The van der Waals surface area contributed by atoms with Crippen LogP contribution < -0.4 is 10.4 Å². The van der Waals surface area contributed by atoms with Crippen LogP contribution >= 0.6 is 0 Å². The normalized spacial score (nSPS) is 22.4. The van der Waals surface area contributed by atoms with Crippen molar-refractivity contribution < 1.29 is 8.85 Å².